The zero-order valence-electron chi connectivity index (χ0n) is 9.21. The third kappa shape index (κ3) is 2.70. The van der Waals surface area contributed by atoms with Gasteiger partial charge >= 0.3 is 0 Å². The van der Waals surface area contributed by atoms with Crippen molar-refractivity contribution in [1.29, 1.82) is 0 Å². The summed E-state index contributed by atoms with van der Waals surface area (Å²) in [5.74, 6) is -0.208. The number of hydrogen-bond donors (Lipinski definition) is 0. The lowest BCUT2D eigenvalue weighted by Crippen LogP contribution is -2.23. The molecular weight excluding hydrogens is 259 g/mol. The first kappa shape index (κ1) is 12.6. The monoisotopic (exact) mass is 270 g/mol. The van der Waals surface area contributed by atoms with E-state index in [2.05, 4.69) is 0 Å². The summed E-state index contributed by atoms with van der Waals surface area (Å²) in [5.41, 5.74) is 0.357. The molecule has 0 aliphatic heterocycles. The quantitative estimate of drug-likeness (QED) is 0.763. The molecule has 0 saturated heterocycles. The molecule has 1 fully saturated rings. The van der Waals surface area contributed by atoms with Crippen LogP contribution in [0.15, 0.2) is 18.2 Å². The van der Waals surface area contributed by atoms with Gasteiger partial charge in [-0.2, -0.15) is 0 Å². The van der Waals surface area contributed by atoms with Gasteiger partial charge in [-0.05, 0) is 25.0 Å². The molecule has 0 spiro atoms. The first-order valence-corrected chi connectivity index (χ1v) is 6.35. The lowest BCUT2D eigenvalue weighted by atomic mass is 9.83. The zero-order chi connectivity index (χ0) is 12.4. The molecule has 2 nitrogen and oxygen atoms in total. The lowest BCUT2D eigenvalue weighted by Gasteiger charge is -2.20. The van der Waals surface area contributed by atoms with E-state index in [0.717, 1.165) is 12.8 Å². The number of ketones is 2. The van der Waals surface area contributed by atoms with Gasteiger partial charge in [0.05, 0.1) is 15.6 Å². The van der Waals surface area contributed by atoms with Crippen LogP contribution in [0.4, 0.5) is 0 Å². The summed E-state index contributed by atoms with van der Waals surface area (Å²) in [6.07, 6.45) is 2.42. The first-order chi connectivity index (χ1) is 8.09. The lowest BCUT2D eigenvalue weighted by molar-refractivity contribution is -0.121. The predicted molar refractivity (Wildman–Crippen MR) is 67.8 cm³/mol. The van der Waals surface area contributed by atoms with E-state index >= 15 is 0 Å². The number of halogens is 2. The van der Waals surface area contributed by atoms with E-state index in [-0.39, 0.29) is 17.5 Å². The van der Waals surface area contributed by atoms with E-state index in [1.807, 2.05) is 0 Å². The van der Waals surface area contributed by atoms with Crippen LogP contribution in [0, 0.1) is 5.92 Å². The summed E-state index contributed by atoms with van der Waals surface area (Å²) < 4.78 is 0. The minimum Gasteiger partial charge on any atom is -0.300 e. The van der Waals surface area contributed by atoms with E-state index < -0.39 is 0 Å². The maximum absolute atomic E-state index is 12.3. The fourth-order valence-electron chi connectivity index (χ4n) is 2.19. The van der Waals surface area contributed by atoms with Crippen LogP contribution >= 0.6 is 23.2 Å². The molecule has 4 heteroatoms. The summed E-state index contributed by atoms with van der Waals surface area (Å²) in [7, 11) is 0. The molecule has 2 rings (SSSR count). The highest BCUT2D eigenvalue weighted by Crippen LogP contribution is 2.31. The van der Waals surface area contributed by atoms with E-state index in [9.17, 15) is 9.59 Å². The maximum atomic E-state index is 12.3. The molecule has 1 unspecified atom stereocenters. The second kappa shape index (κ2) is 5.19. The van der Waals surface area contributed by atoms with Crippen molar-refractivity contribution in [2.45, 2.75) is 25.7 Å². The first-order valence-electron chi connectivity index (χ1n) is 5.59. The average Bonchev–Trinajstić information content (AvgIpc) is 2.28. The Morgan fingerprint density at radius 3 is 2.47 bits per heavy atom. The van der Waals surface area contributed by atoms with Crippen LogP contribution in [0.2, 0.25) is 10.0 Å². The van der Waals surface area contributed by atoms with Crippen LogP contribution in [0.5, 0.6) is 0 Å². The second-order valence-electron chi connectivity index (χ2n) is 4.29. The Kier molecular flexibility index (Phi) is 3.85. The Bertz CT molecular complexity index is 448. The SMILES string of the molecule is O=C1CCCC(C(=O)c2c(Cl)cccc2Cl)C1. The van der Waals surface area contributed by atoms with Crippen molar-refractivity contribution in [3.8, 4) is 0 Å². The minimum atomic E-state index is -0.256. The number of hydrogen-bond acceptors (Lipinski definition) is 2. The molecule has 1 saturated carbocycles. The third-order valence-corrected chi connectivity index (χ3v) is 3.69. The molecule has 1 atom stereocenters. The number of benzene rings is 1. The van der Waals surface area contributed by atoms with Gasteiger partial charge in [0, 0.05) is 18.8 Å². The van der Waals surface area contributed by atoms with E-state index in [0.29, 0.717) is 28.5 Å². The van der Waals surface area contributed by atoms with Gasteiger partial charge in [-0.3, -0.25) is 9.59 Å². The summed E-state index contributed by atoms with van der Waals surface area (Å²) >= 11 is 12.0. The molecule has 0 aromatic heterocycles. The fourth-order valence-corrected chi connectivity index (χ4v) is 2.77. The number of rotatable bonds is 2. The molecular formula is C13H12Cl2O2. The molecule has 0 amide bonds. The van der Waals surface area contributed by atoms with Crippen LogP contribution in [-0.2, 0) is 4.79 Å². The number of Topliss-reactive ketones (excluding diaryl/α,β-unsaturated/α-hetero) is 2. The van der Waals surface area contributed by atoms with Crippen molar-refractivity contribution in [2.75, 3.05) is 0 Å². The van der Waals surface area contributed by atoms with Crippen molar-refractivity contribution >= 4 is 34.8 Å². The Labute approximate surface area is 110 Å². The zero-order valence-corrected chi connectivity index (χ0v) is 10.7. The van der Waals surface area contributed by atoms with E-state index in [4.69, 9.17) is 23.2 Å². The highest BCUT2D eigenvalue weighted by atomic mass is 35.5. The third-order valence-electron chi connectivity index (χ3n) is 3.06. The van der Waals surface area contributed by atoms with Crippen molar-refractivity contribution in [2.24, 2.45) is 5.92 Å². The second-order valence-corrected chi connectivity index (χ2v) is 5.11. The van der Waals surface area contributed by atoms with Gasteiger partial charge in [0.2, 0.25) is 0 Å². The van der Waals surface area contributed by atoms with Gasteiger partial charge < -0.3 is 0 Å². The average molecular weight is 271 g/mol. The molecule has 1 aromatic carbocycles. The minimum absolute atomic E-state index is 0.103. The Morgan fingerprint density at radius 2 is 1.88 bits per heavy atom. The van der Waals surface area contributed by atoms with E-state index in [1.165, 1.54) is 0 Å². The van der Waals surface area contributed by atoms with Crippen molar-refractivity contribution < 1.29 is 9.59 Å². The molecule has 1 aliphatic carbocycles. The molecule has 1 aromatic rings. The highest BCUT2D eigenvalue weighted by Gasteiger charge is 2.28. The number of carbonyl (C=O) groups excluding carboxylic acids is 2. The molecule has 0 N–H and O–H groups in total. The predicted octanol–water partition coefficient (Wildman–Crippen LogP) is 3.94. The largest absolute Gasteiger partial charge is 0.300 e. The summed E-state index contributed by atoms with van der Waals surface area (Å²) in [5, 5.41) is 0.723. The highest BCUT2D eigenvalue weighted by molar-refractivity contribution is 6.40. The van der Waals surface area contributed by atoms with Gasteiger partial charge in [0.1, 0.15) is 5.78 Å². The van der Waals surface area contributed by atoms with Gasteiger partial charge in [-0.15, -0.1) is 0 Å². The standard InChI is InChI=1S/C13H12Cl2O2/c14-10-5-2-6-11(15)12(10)13(17)8-3-1-4-9(16)7-8/h2,5-6,8H,1,3-4,7H2. The van der Waals surface area contributed by atoms with Gasteiger partial charge in [-0.25, -0.2) is 0 Å². The summed E-state index contributed by atoms with van der Waals surface area (Å²) in [6.45, 7) is 0. The Morgan fingerprint density at radius 1 is 1.24 bits per heavy atom. The summed E-state index contributed by atoms with van der Waals surface area (Å²) in [6, 6.07) is 4.99. The Balaban J connectivity index is 2.27. The van der Waals surface area contributed by atoms with Crippen molar-refractivity contribution in [3.05, 3.63) is 33.8 Å². The Hall–Kier alpha value is -0.860. The molecule has 90 valence electrons. The van der Waals surface area contributed by atoms with Crippen LogP contribution in [-0.4, -0.2) is 11.6 Å². The molecule has 0 bridgehead atoms. The molecule has 0 radical (unpaired) electrons. The van der Waals surface area contributed by atoms with Crippen LogP contribution < -0.4 is 0 Å². The summed E-state index contributed by atoms with van der Waals surface area (Å²) in [4.78, 5) is 23.6. The normalized spacial score (nSPS) is 20.4. The maximum Gasteiger partial charge on any atom is 0.169 e. The van der Waals surface area contributed by atoms with Crippen LogP contribution in [0.3, 0.4) is 0 Å². The molecule has 17 heavy (non-hydrogen) atoms. The number of carbonyl (C=O) groups is 2. The smallest absolute Gasteiger partial charge is 0.169 e. The van der Waals surface area contributed by atoms with Crippen molar-refractivity contribution in [1.82, 2.24) is 0 Å². The van der Waals surface area contributed by atoms with Crippen LogP contribution in [0.1, 0.15) is 36.0 Å². The van der Waals surface area contributed by atoms with Gasteiger partial charge in [0.25, 0.3) is 0 Å². The topological polar surface area (TPSA) is 34.1 Å². The van der Waals surface area contributed by atoms with E-state index in [1.54, 1.807) is 18.2 Å². The molecule has 1 aliphatic rings. The van der Waals surface area contributed by atoms with Crippen LogP contribution in [0.25, 0.3) is 0 Å². The fraction of sp³-hybridized carbons (Fsp3) is 0.385. The molecule has 0 heterocycles. The van der Waals surface area contributed by atoms with Crippen molar-refractivity contribution in [3.63, 3.8) is 0 Å². The van der Waals surface area contributed by atoms with Gasteiger partial charge in [-0.1, -0.05) is 29.3 Å². The van der Waals surface area contributed by atoms with Gasteiger partial charge in [0.15, 0.2) is 5.78 Å².